The van der Waals surface area contributed by atoms with Crippen LogP contribution in [-0.4, -0.2) is 0 Å². The minimum atomic E-state index is -0.146. The Morgan fingerprint density at radius 1 is 0.343 bits per heavy atom. The fourth-order valence-electron chi connectivity index (χ4n) is 11.5. The van der Waals surface area contributed by atoms with Crippen LogP contribution in [0.25, 0.3) is 66.4 Å². The molecule has 1 heteroatoms. The Morgan fingerprint density at radius 3 is 1.40 bits per heavy atom. The number of para-hydroxylation sites is 1. The van der Waals surface area contributed by atoms with E-state index in [1.807, 2.05) is 0 Å². The second-order valence-corrected chi connectivity index (χ2v) is 22.2. The standard InChI is InChI=1S/C66H61N/c1-63(2,3)45-39-44(40-46(41-45)64(4,5)6)49-26-17-21-43-22-18-28-51(60(43)49)50-23-13-16-33-58(50)67(59-34-20-32-57-62(59)53-25-12-15-30-55(53)66(57,9)10)47-37-35-42(36-38-47)48-27-19-31-56-61(48)52-24-11-14-29-54(52)65(56,7)8/h11-41H,1-10H3. The highest BCUT2D eigenvalue weighted by Crippen LogP contribution is 2.56. The maximum absolute atomic E-state index is 2.54. The van der Waals surface area contributed by atoms with Crippen molar-refractivity contribution >= 4 is 27.8 Å². The van der Waals surface area contributed by atoms with Gasteiger partial charge in [0.1, 0.15) is 0 Å². The number of hydrogen-bond donors (Lipinski definition) is 0. The summed E-state index contributed by atoms with van der Waals surface area (Å²) >= 11 is 0. The summed E-state index contributed by atoms with van der Waals surface area (Å²) in [6.45, 7) is 23.5. The second kappa shape index (κ2) is 15.3. The first-order chi connectivity index (χ1) is 32.0. The van der Waals surface area contributed by atoms with Crippen molar-refractivity contribution in [3.63, 3.8) is 0 Å². The van der Waals surface area contributed by atoms with E-state index in [1.54, 1.807) is 0 Å². The smallest absolute Gasteiger partial charge is 0.0543 e. The number of benzene rings is 9. The molecule has 0 radical (unpaired) electrons. The van der Waals surface area contributed by atoms with Crippen LogP contribution in [0.4, 0.5) is 17.1 Å². The lowest BCUT2D eigenvalue weighted by atomic mass is 9.78. The molecule has 11 rings (SSSR count). The fraction of sp³-hybridized carbons (Fsp3) is 0.212. The van der Waals surface area contributed by atoms with Crippen LogP contribution in [0.5, 0.6) is 0 Å². The summed E-state index contributed by atoms with van der Waals surface area (Å²) < 4.78 is 0. The van der Waals surface area contributed by atoms with Gasteiger partial charge in [0.15, 0.2) is 0 Å². The van der Waals surface area contributed by atoms with E-state index in [2.05, 4.69) is 262 Å². The number of hydrogen-bond acceptors (Lipinski definition) is 1. The Hall–Kier alpha value is -6.96. The summed E-state index contributed by atoms with van der Waals surface area (Å²) in [4.78, 5) is 2.54. The quantitative estimate of drug-likeness (QED) is 0.161. The van der Waals surface area contributed by atoms with E-state index < -0.39 is 0 Å². The van der Waals surface area contributed by atoms with E-state index >= 15 is 0 Å². The zero-order valence-electron chi connectivity index (χ0n) is 40.8. The molecule has 0 heterocycles. The molecule has 0 aromatic heterocycles. The van der Waals surface area contributed by atoms with Gasteiger partial charge in [-0.15, -0.1) is 0 Å². The molecular formula is C66H61N. The minimum Gasteiger partial charge on any atom is -0.309 e. The van der Waals surface area contributed by atoms with Crippen molar-refractivity contribution in [1.29, 1.82) is 0 Å². The molecule has 67 heavy (non-hydrogen) atoms. The molecule has 2 aliphatic rings. The third-order valence-corrected chi connectivity index (χ3v) is 15.2. The third kappa shape index (κ3) is 6.80. The molecule has 0 atom stereocenters. The Bertz CT molecular complexity index is 3380. The zero-order chi connectivity index (χ0) is 46.6. The van der Waals surface area contributed by atoms with Crippen molar-refractivity contribution in [2.75, 3.05) is 4.90 Å². The molecule has 0 amide bonds. The van der Waals surface area contributed by atoms with Crippen LogP contribution >= 0.6 is 0 Å². The van der Waals surface area contributed by atoms with E-state index in [1.165, 1.54) is 105 Å². The summed E-state index contributed by atoms with van der Waals surface area (Å²) in [5.41, 5.74) is 24.2. The summed E-state index contributed by atoms with van der Waals surface area (Å²) in [7, 11) is 0. The van der Waals surface area contributed by atoms with Crippen LogP contribution in [0.15, 0.2) is 188 Å². The molecular weight excluding hydrogens is 807 g/mol. The lowest BCUT2D eigenvalue weighted by Gasteiger charge is -2.31. The first-order valence-electron chi connectivity index (χ1n) is 24.2. The van der Waals surface area contributed by atoms with E-state index in [-0.39, 0.29) is 21.7 Å². The van der Waals surface area contributed by atoms with Crippen molar-refractivity contribution in [2.45, 2.75) is 90.9 Å². The minimum absolute atomic E-state index is 0.00314. The van der Waals surface area contributed by atoms with Gasteiger partial charge in [-0.05, 0) is 124 Å². The molecule has 0 saturated carbocycles. The highest BCUT2D eigenvalue weighted by molar-refractivity contribution is 6.09. The average Bonchev–Trinajstić information content (AvgIpc) is 3.71. The molecule has 0 N–H and O–H groups in total. The molecule has 0 aliphatic heterocycles. The van der Waals surface area contributed by atoms with Gasteiger partial charge in [0.25, 0.3) is 0 Å². The van der Waals surface area contributed by atoms with Gasteiger partial charge in [-0.1, -0.05) is 233 Å². The number of nitrogens with zero attached hydrogens (tertiary/aromatic N) is 1. The van der Waals surface area contributed by atoms with E-state index in [4.69, 9.17) is 0 Å². The third-order valence-electron chi connectivity index (χ3n) is 15.2. The summed E-state index contributed by atoms with van der Waals surface area (Å²) in [6.07, 6.45) is 0. The first-order valence-corrected chi connectivity index (χ1v) is 24.2. The molecule has 9 aromatic rings. The van der Waals surface area contributed by atoms with Crippen LogP contribution in [0, 0.1) is 0 Å². The Kier molecular flexibility index (Phi) is 9.74. The molecule has 9 aromatic carbocycles. The lowest BCUT2D eigenvalue weighted by Crippen LogP contribution is -2.16. The highest BCUT2D eigenvalue weighted by Gasteiger charge is 2.39. The van der Waals surface area contributed by atoms with E-state index in [9.17, 15) is 0 Å². The van der Waals surface area contributed by atoms with Gasteiger partial charge >= 0.3 is 0 Å². The van der Waals surface area contributed by atoms with Crippen molar-refractivity contribution in [2.24, 2.45) is 0 Å². The number of fused-ring (bicyclic) bond motifs is 7. The predicted octanol–water partition coefficient (Wildman–Crippen LogP) is 18.5. The van der Waals surface area contributed by atoms with Crippen molar-refractivity contribution in [1.82, 2.24) is 0 Å². The molecule has 330 valence electrons. The molecule has 1 nitrogen and oxygen atoms in total. The molecule has 0 fully saturated rings. The first kappa shape index (κ1) is 42.7. The summed E-state index contributed by atoms with van der Waals surface area (Å²) in [5, 5.41) is 2.50. The monoisotopic (exact) mass is 867 g/mol. The van der Waals surface area contributed by atoms with Crippen molar-refractivity contribution in [3.8, 4) is 55.6 Å². The maximum atomic E-state index is 2.54. The molecule has 0 saturated heterocycles. The van der Waals surface area contributed by atoms with Crippen molar-refractivity contribution in [3.05, 3.63) is 221 Å². The van der Waals surface area contributed by atoms with Gasteiger partial charge in [-0.2, -0.15) is 0 Å². The van der Waals surface area contributed by atoms with Crippen LogP contribution in [0.1, 0.15) is 103 Å². The van der Waals surface area contributed by atoms with Gasteiger partial charge in [0, 0.05) is 27.6 Å². The van der Waals surface area contributed by atoms with Gasteiger partial charge in [0.2, 0.25) is 0 Å². The molecule has 0 unspecified atom stereocenters. The van der Waals surface area contributed by atoms with Crippen molar-refractivity contribution < 1.29 is 0 Å². The Labute approximate surface area is 398 Å². The highest BCUT2D eigenvalue weighted by atomic mass is 15.1. The maximum Gasteiger partial charge on any atom is 0.0543 e. The van der Waals surface area contributed by atoms with Gasteiger partial charge in [-0.3, -0.25) is 0 Å². The molecule has 0 bridgehead atoms. The second-order valence-electron chi connectivity index (χ2n) is 22.2. The van der Waals surface area contributed by atoms with Crippen LogP contribution in [0.3, 0.4) is 0 Å². The van der Waals surface area contributed by atoms with Crippen LogP contribution in [-0.2, 0) is 21.7 Å². The van der Waals surface area contributed by atoms with Gasteiger partial charge in [-0.25, -0.2) is 0 Å². The molecule has 0 spiro atoms. The van der Waals surface area contributed by atoms with Gasteiger partial charge in [0.05, 0.1) is 11.4 Å². The number of anilines is 3. The predicted molar refractivity (Wildman–Crippen MR) is 287 cm³/mol. The normalized spacial score (nSPS) is 14.4. The summed E-state index contributed by atoms with van der Waals surface area (Å²) in [6, 6.07) is 71.3. The zero-order valence-corrected chi connectivity index (χ0v) is 40.8. The molecule has 2 aliphatic carbocycles. The Balaban J connectivity index is 1.15. The largest absolute Gasteiger partial charge is 0.309 e. The van der Waals surface area contributed by atoms with Crippen LogP contribution < -0.4 is 4.90 Å². The summed E-state index contributed by atoms with van der Waals surface area (Å²) in [5.74, 6) is 0. The lowest BCUT2D eigenvalue weighted by molar-refractivity contribution is 0.569. The van der Waals surface area contributed by atoms with E-state index in [0.29, 0.717) is 0 Å². The fourth-order valence-corrected chi connectivity index (χ4v) is 11.5. The van der Waals surface area contributed by atoms with Gasteiger partial charge < -0.3 is 4.90 Å². The topological polar surface area (TPSA) is 3.24 Å². The van der Waals surface area contributed by atoms with E-state index in [0.717, 1.165) is 11.4 Å². The number of rotatable bonds is 6. The Morgan fingerprint density at radius 2 is 0.791 bits per heavy atom. The average molecular weight is 868 g/mol. The van der Waals surface area contributed by atoms with Crippen LogP contribution in [0.2, 0.25) is 0 Å². The SMILES string of the molecule is CC(C)(C)c1cc(-c2cccc3cccc(-c4ccccc4N(c4ccc(-c5cccc6c5-c5ccccc5C6(C)C)cc4)c4cccc5c4-c4ccccc4C5(C)C)c23)cc(C(C)(C)C)c1.